The van der Waals surface area contributed by atoms with E-state index in [9.17, 15) is 9.59 Å². The number of carboxylic acids is 1. The summed E-state index contributed by atoms with van der Waals surface area (Å²) < 4.78 is 0.996. The van der Waals surface area contributed by atoms with E-state index in [1.165, 1.54) is 0 Å². The van der Waals surface area contributed by atoms with E-state index in [2.05, 4.69) is 27.9 Å². The summed E-state index contributed by atoms with van der Waals surface area (Å²) in [4.78, 5) is 22.9. The van der Waals surface area contributed by atoms with Crippen LogP contribution in [0.25, 0.3) is 0 Å². The van der Waals surface area contributed by atoms with Crippen LogP contribution in [-0.2, 0) is 16.0 Å². The van der Waals surface area contributed by atoms with Gasteiger partial charge in [-0.15, -0.1) is 0 Å². The van der Waals surface area contributed by atoms with Gasteiger partial charge < -0.3 is 10.4 Å². The molecule has 1 aromatic rings. The fourth-order valence-electron chi connectivity index (χ4n) is 1.55. The molecule has 0 aliphatic rings. The summed E-state index contributed by atoms with van der Waals surface area (Å²) in [7, 11) is 0. The molecule has 5 heteroatoms. The van der Waals surface area contributed by atoms with Gasteiger partial charge in [0.2, 0.25) is 5.91 Å². The minimum absolute atomic E-state index is 0.193. The van der Waals surface area contributed by atoms with Crippen molar-refractivity contribution >= 4 is 34.5 Å². The van der Waals surface area contributed by atoms with Gasteiger partial charge in [-0.25, -0.2) is 4.79 Å². The maximum Gasteiger partial charge on any atom is 0.326 e. The van der Waals surface area contributed by atoms with Gasteiger partial charge in [-0.1, -0.05) is 30.4 Å². The maximum absolute atomic E-state index is 11.8. The molecule has 0 saturated carbocycles. The number of carbonyl (C=O) groups is 2. The van der Waals surface area contributed by atoms with Crippen LogP contribution >= 0.6 is 22.6 Å². The average Bonchev–Trinajstić information content (AvgIpc) is 2.37. The molecule has 2 N–H and O–H groups in total. The van der Waals surface area contributed by atoms with Crippen LogP contribution in [0.2, 0.25) is 0 Å². The lowest BCUT2D eigenvalue weighted by Gasteiger charge is -2.13. The zero-order chi connectivity index (χ0) is 14.3. The van der Waals surface area contributed by atoms with E-state index in [0.717, 1.165) is 9.13 Å². The number of rotatable bonds is 6. The molecule has 0 fully saturated rings. The van der Waals surface area contributed by atoms with Crippen LogP contribution in [0.15, 0.2) is 36.4 Å². The summed E-state index contributed by atoms with van der Waals surface area (Å²) in [6, 6.07) is 6.67. The van der Waals surface area contributed by atoms with Gasteiger partial charge in [-0.3, -0.25) is 4.79 Å². The Balaban J connectivity index is 2.63. The normalized spacial score (nSPS) is 12.3. The Morgan fingerprint density at radius 2 is 2.11 bits per heavy atom. The second kappa shape index (κ2) is 7.93. The minimum atomic E-state index is -1.02. The third kappa shape index (κ3) is 5.42. The van der Waals surface area contributed by atoms with Crippen molar-refractivity contribution in [2.24, 2.45) is 0 Å². The van der Waals surface area contributed by atoms with Gasteiger partial charge in [0.15, 0.2) is 0 Å². The van der Waals surface area contributed by atoms with Crippen molar-refractivity contribution in [2.45, 2.75) is 25.8 Å². The van der Waals surface area contributed by atoms with E-state index >= 15 is 0 Å². The lowest BCUT2D eigenvalue weighted by molar-refractivity contribution is -0.141. The lowest BCUT2D eigenvalue weighted by atomic mass is 10.1. The van der Waals surface area contributed by atoms with E-state index in [0.29, 0.717) is 6.42 Å². The Morgan fingerprint density at radius 1 is 1.42 bits per heavy atom. The topological polar surface area (TPSA) is 66.4 Å². The molecule has 1 rings (SSSR count). The van der Waals surface area contributed by atoms with Crippen LogP contribution < -0.4 is 5.32 Å². The monoisotopic (exact) mass is 373 g/mol. The lowest BCUT2D eigenvalue weighted by Crippen LogP contribution is -2.41. The number of allylic oxidation sites excluding steroid dienone is 1. The van der Waals surface area contributed by atoms with Crippen molar-refractivity contribution < 1.29 is 14.7 Å². The van der Waals surface area contributed by atoms with Gasteiger partial charge in [0, 0.05) is 3.57 Å². The molecule has 102 valence electrons. The highest BCUT2D eigenvalue weighted by molar-refractivity contribution is 14.1. The Kier molecular flexibility index (Phi) is 6.55. The van der Waals surface area contributed by atoms with Crippen LogP contribution in [0.4, 0.5) is 0 Å². The second-order valence-corrected chi connectivity index (χ2v) is 5.19. The minimum Gasteiger partial charge on any atom is -0.480 e. The maximum atomic E-state index is 11.8. The Labute approximate surface area is 126 Å². The second-order valence-electron chi connectivity index (χ2n) is 4.03. The fourth-order valence-corrected chi connectivity index (χ4v) is 2.13. The molecule has 0 radical (unpaired) electrons. The van der Waals surface area contributed by atoms with Crippen molar-refractivity contribution in [1.82, 2.24) is 5.32 Å². The van der Waals surface area contributed by atoms with Crippen molar-refractivity contribution in [3.8, 4) is 0 Å². The zero-order valence-corrected chi connectivity index (χ0v) is 12.8. The molecule has 0 saturated heterocycles. The number of hydrogen-bond donors (Lipinski definition) is 2. The smallest absolute Gasteiger partial charge is 0.326 e. The largest absolute Gasteiger partial charge is 0.480 e. The van der Waals surface area contributed by atoms with Gasteiger partial charge in [0.25, 0.3) is 0 Å². The number of nitrogens with one attached hydrogen (secondary N) is 1. The van der Waals surface area contributed by atoms with Gasteiger partial charge in [0.05, 0.1) is 6.42 Å². The average molecular weight is 373 g/mol. The molecule has 0 bridgehead atoms. The summed E-state index contributed by atoms with van der Waals surface area (Å²) in [5, 5.41) is 11.6. The molecular formula is C14H16INO3. The summed E-state index contributed by atoms with van der Waals surface area (Å²) in [5.74, 6) is -1.30. The highest BCUT2D eigenvalue weighted by Crippen LogP contribution is 2.12. The first kappa shape index (κ1) is 15.7. The van der Waals surface area contributed by atoms with Crippen LogP contribution in [0, 0.1) is 3.57 Å². The SMILES string of the molecule is C/C=C/CC(NC(=O)Cc1ccccc1I)C(=O)O. The third-order valence-corrected chi connectivity index (χ3v) is 3.60. The first-order valence-electron chi connectivity index (χ1n) is 5.91. The molecule has 0 spiro atoms. The predicted molar refractivity (Wildman–Crippen MR) is 81.9 cm³/mol. The van der Waals surface area contributed by atoms with Crippen molar-refractivity contribution in [2.75, 3.05) is 0 Å². The van der Waals surface area contributed by atoms with E-state index in [-0.39, 0.29) is 12.3 Å². The highest BCUT2D eigenvalue weighted by atomic mass is 127. The Bertz CT molecular complexity index is 485. The van der Waals surface area contributed by atoms with Crippen molar-refractivity contribution in [1.29, 1.82) is 0 Å². The molecule has 0 aromatic heterocycles. The summed E-state index contributed by atoms with van der Waals surface area (Å²) in [6.45, 7) is 1.81. The van der Waals surface area contributed by atoms with Crippen molar-refractivity contribution in [3.63, 3.8) is 0 Å². The molecule has 4 nitrogen and oxygen atoms in total. The molecular weight excluding hydrogens is 357 g/mol. The van der Waals surface area contributed by atoms with E-state index in [4.69, 9.17) is 5.11 Å². The molecule has 0 aliphatic heterocycles. The molecule has 1 atom stereocenters. The Morgan fingerprint density at radius 3 is 2.68 bits per heavy atom. The zero-order valence-electron chi connectivity index (χ0n) is 10.6. The van der Waals surface area contributed by atoms with E-state index < -0.39 is 12.0 Å². The number of hydrogen-bond acceptors (Lipinski definition) is 2. The van der Waals surface area contributed by atoms with Crippen LogP contribution in [0.5, 0.6) is 0 Å². The molecule has 1 unspecified atom stereocenters. The standard InChI is InChI=1S/C14H16INO3/c1-2-3-8-12(14(18)19)16-13(17)9-10-6-4-5-7-11(10)15/h2-7,12H,8-9H2,1H3,(H,16,17)(H,18,19)/b3-2+. The number of amides is 1. The molecule has 1 amide bonds. The summed E-state index contributed by atoms with van der Waals surface area (Å²) >= 11 is 2.16. The number of carbonyl (C=O) groups excluding carboxylic acids is 1. The quantitative estimate of drug-likeness (QED) is 0.595. The van der Waals surface area contributed by atoms with Gasteiger partial charge in [0.1, 0.15) is 6.04 Å². The van der Waals surface area contributed by atoms with E-state index in [1.807, 2.05) is 31.2 Å². The Hall–Kier alpha value is -1.37. The molecule has 0 aliphatic carbocycles. The predicted octanol–water partition coefficient (Wildman–Crippen LogP) is 2.37. The number of aliphatic carboxylic acids is 1. The number of halogens is 1. The van der Waals surface area contributed by atoms with Gasteiger partial charge in [-0.05, 0) is 47.6 Å². The summed E-state index contributed by atoms with van der Waals surface area (Å²) in [5.41, 5.74) is 0.899. The number of benzene rings is 1. The van der Waals surface area contributed by atoms with Crippen molar-refractivity contribution in [3.05, 3.63) is 45.6 Å². The molecule has 1 aromatic carbocycles. The first-order chi connectivity index (χ1) is 9.04. The van der Waals surface area contributed by atoms with E-state index in [1.54, 1.807) is 12.2 Å². The molecule has 19 heavy (non-hydrogen) atoms. The van der Waals surface area contributed by atoms with Gasteiger partial charge >= 0.3 is 5.97 Å². The third-order valence-electron chi connectivity index (χ3n) is 2.55. The molecule has 0 heterocycles. The summed E-state index contributed by atoms with van der Waals surface area (Å²) in [6.07, 6.45) is 3.98. The van der Waals surface area contributed by atoms with Gasteiger partial charge in [-0.2, -0.15) is 0 Å². The fraction of sp³-hybridized carbons (Fsp3) is 0.286. The van der Waals surface area contributed by atoms with Crippen LogP contribution in [0.3, 0.4) is 0 Å². The van der Waals surface area contributed by atoms with Crippen LogP contribution in [-0.4, -0.2) is 23.0 Å². The first-order valence-corrected chi connectivity index (χ1v) is 6.99. The highest BCUT2D eigenvalue weighted by Gasteiger charge is 2.18. The number of carboxylic acid groups (broad SMARTS) is 1. The van der Waals surface area contributed by atoms with Crippen LogP contribution in [0.1, 0.15) is 18.9 Å².